The van der Waals surface area contributed by atoms with E-state index in [0.717, 1.165) is 9.87 Å². The summed E-state index contributed by atoms with van der Waals surface area (Å²) in [6.07, 6.45) is 0.646. The van der Waals surface area contributed by atoms with E-state index in [1.807, 2.05) is 12.1 Å². The number of nitrogens with two attached hydrogens (primary N) is 1. The van der Waals surface area contributed by atoms with Crippen LogP contribution in [0.15, 0.2) is 24.3 Å². The summed E-state index contributed by atoms with van der Waals surface area (Å²) >= 11 is 0. The van der Waals surface area contributed by atoms with Crippen molar-refractivity contribution in [1.29, 1.82) is 0 Å². The van der Waals surface area contributed by atoms with Crippen molar-refractivity contribution in [3.8, 4) is 0 Å². The van der Waals surface area contributed by atoms with Crippen LogP contribution in [0.2, 0.25) is 0 Å². The van der Waals surface area contributed by atoms with Crippen molar-refractivity contribution in [3.63, 3.8) is 0 Å². The predicted octanol–water partition coefficient (Wildman–Crippen LogP) is 0.207. The first kappa shape index (κ1) is 13.0. The monoisotopic (exact) mass is 243 g/mol. The third-order valence-corrected chi connectivity index (χ3v) is 3.69. The first-order valence-corrected chi connectivity index (χ1v) is 6.37. The molecule has 0 aliphatic rings. The van der Waals surface area contributed by atoms with E-state index < -0.39 is 10.2 Å². The highest BCUT2D eigenvalue weighted by Crippen LogP contribution is 2.05. The molecular weight excluding hydrogens is 226 g/mol. The van der Waals surface area contributed by atoms with Gasteiger partial charge in [0.05, 0.1) is 0 Å². The first-order chi connectivity index (χ1) is 7.42. The molecule has 6 heteroatoms. The Morgan fingerprint density at radius 1 is 1.25 bits per heavy atom. The van der Waals surface area contributed by atoms with Gasteiger partial charge in [-0.2, -0.15) is 12.7 Å². The number of nitrogens with one attached hydrogen (secondary N) is 1. The van der Waals surface area contributed by atoms with Gasteiger partial charge < -0.3 is 5.73 Å². The Labute approximate surface area is 96.4 Å². The lowest BCUT2D eigenvalue weighted by atomic mass is 10.1. The third kappa shape index (κ3) is 3.80. The molecule has 0 aliphatic heterocycles. The van der Waals surface area contributed by atoms with Crippen LogP contribution in [0.25, 0.3) is 0 Å². The van der Waals surface area contributed by atoms with Crippen LogP contribution in [0.3, 0.4) is 0 Å². The molecule has 0 bridgehead atoms. The minimum absolute atomic E-state index is 0.379. The average Bonchev–Trinajstić information content (AvgIpc) is 2.20. The molecule has 0 radical (unpaired) electrons. The van der Waals surface area contributed by atoms with Crippen molar-refractivity contribution in [2.24, 2.45) is 0 Å². The zero-order valence-electron chi connectivity index (χ0n) is 9.47. The van der Waals surface area contributed by atoms with Crippen molar-refractivity contribution in [3.05, 3.63) is 29.8 Å². The van der Waals surface area contributed by atoms with Crippen LogP contribution in [0, 0.1) is 0 Å². The van der Waals surface area contributed by atoms with Crippen LogP contribution < -0.4 is 10.5 Å². The zero-order valence-corrected chi connectivity index (χ0v) is 10.3. The minimum Gasteiger partial charge on any atom is -0.399 e. The normalized spacial score (nSPS) is 11.9. The van der Waals surface area contributed by atoms with Crippen molar-refractivity contribution in [2.75, 3.05) is 26.4 Å². The van der Waals surface area contributed by atoms with Gasteiger partial charge in [0.2, 0.25) is 0 Å². The third-order valence-electron chi connectivity index (χ3n) is 2.16. The van der Waals surface area contributed by atoms with Crippen molar-refractivity contribution < 1.29 is 8.42 Å². The van der Waals surface area contributed by atoms with Crippen molar-refractivity contribution >= 4 is 15.9 Å². The quantitative estimate of drug-likeness (QED) is 0.726. The number of nitrogen functional groups attached to an aromatic ring is 1. The number of hydrogen-bond acceptors (Lipinski definition) is 3. The summed E-state index contributed by atoms with van der Waals surface area (Å²) in [5.41, 5.74) is 7.30. The van der Waals surface area contributed by atoms with E-state index in [0.29, 0.717) is 18.7 Å². The Morgan fingerprint density at radius 3 is 2.31 bits per heavy atom. The Kier molecular flexibility index (Phi) is 4.28. The van der Waals surface area contributed by atoms with Crippen molar-refractivity contribution in [1.82, 2.24) is 9.03 Å². The van der Waals surface area contributed by atoms with Gasteiger partial charge in [-0.1, -0.05) is 12.1 Å². The van der Waals surface area contributed by atoms with Crippen LogP contribution in [0.1, 0.15) is 5.56 Å². The maximum absolute atomic E-state index is 11.4. The Bertz CT molecular complexity index is 426. The number of nitrogens with zero attached hydrogens (tertiary/aromatic N) is 1. The standard InChI is InChI=1S/C10H17N3O2S/c1-13(2)16(14,15)12-8-7-9-3-5-10(11)6-4-9/h3-6,12H,7-8,11H2,1-2H3. The lowest BCUT2D eigenvalue weighted by Gasteiger charge is -2.12. The maximum atomic E-state index is 11.4. The fraction of sp³-hybridized carbons (Fsp3) is 0.400. The van der Waals surface area contributed by atoms with Gasteiger partial charge in [-0.3, -0.25) is 0 Å². The Hall–Kier alpha value is -1.11. The second-order valence-electron chi connectivity index (χ2n) is 3.67. The molecule has 0 fully saturated rings. The SMILES string of the molecule is CN(C)S(=O)(=O)NCCc1ccc(N)cc1. The fourth-order valence-corrected chi connectivity index (χ4v) is 1.76. The van der Waals surface area contributed by atoms with Gasteiger partial charge in [0.1, 0.15) is 0 Å². The Morgan fingerprint density at radius 2 is 1.81 bits per heavy atom. The van der Waals surface area contributed by atoms with Gasteiger partial charge in [-0.05, 0) is 24.1 Å². The molecule has 0 saturated carbocycles. The molecule has 5 nitrogen and oxygen atoms in total. The largest absolute Gasteiger partial charge is 0.399 e. The second-order valence-corrected chi connectivity index (χ2v) is 5.64. The highest BCUT2D eigenvalue weighted by molar-refractivity contribution is 7.87. The van der Waals surface area contributed by atoms with E-state index >= 15 is 0 Å². The topological polar surface area (TPSA) is 75.4 Å². The molecule has 1 rings (SSSR count). The van der Waals surface area contributed by atoms with Crippen molar-refractivity contribution in [2.45, 2.75) is 6.42 Å². The summed E-state index contributed by atoms with van der Waals surface area (Å²) in [5, 5.41) is 0. The minimum atomic E-state index is -3.32. The number of rotatable bonds is 5. The van der Waals surface area contributed by atoms with Crippen LogP contribution in [-0.2, 0) is 16.6 Å². The molecule has 0 amide bonds. The average molecular weight is 243 g/mol. The summed E-state index contributed by atoms with van der Waals surface area (Å²) in [4.78, 5) is 0. The molecule has 1 aromatic rings. The molecule has 0 unspecified atom stereocenters. The Balaban J connectivity index is 2.45. The van der Waals surface area contributed by atoms with Gasteiger partial charge in [-0.15, -0.1) is 0 Å². The number of hydrogen-bond donors (Lipinski definition) is 2. The van der Waals surface area contributed by atoms with E-state index in [1.165, 1.54) is 14.1 Å². The number of anilines is 1. The van der Waals surface area contributed by atoms with Crippen LogP contribution in [0.5, 0.6) is 0 Å². The van der Waals surface area contributed by atoms with Gasteiger partial charge in [0, 0.05) is 26.3 Å². The molecule has 90 valence electrons. The molecule has 0 aromatic heterocycles. The highest BCUT2D eigenvalue weighted by Gasteiger charge is 2.11. The van der Waals surface area contributed by atoms with Gasteiger partial charge in [0.15, 0.2) is 0 Å². The molecule has 16 heavy (non-hydrogen) atoms. The maximum Gasteiger partial charge on any atom is 0.278 e. The summed E-state index contributed by atoms with van der Waals surface area (Å²) < 4.78 is 26.4. The van der Waals surface area contributed by atoms with E-state index in [4.69, 9.17) is 5.73 Å². The molecule has 0 saturated heterocycles. The van der Waals surface area contributed by atoms with Gasteiger partial charge >= 0.3 is 0 Å². The van der Waals surface area contributed by atoms with E-state index in [9.17, 15) is 8.42 Å². The second kappa shape index (κ2) is 5.29. The summed E-state index contributed by atoms with van der Waals surface area (Å²) in [6, 6.07) is 7.38. The van der Waals surface area contributed by atoms with Crippen LogP contribution in [0.4, 0.5) is 5.69 Å². The molecule has 0 heterocycles. The van der Waals surface area contributed by atoms with Crippen LogP contribution >= 0.6 is 0 Å². The van der Waals surface area contributed by atoms with E-state index in [2.05, 4.69) is 4.72 Å². The summed E-state index contributed by atoms with van der Waals surface area (Å²) in [7, 11) is -0.335. The summed E-state index contributed by atoms with van der Waals surface area (Å²) in [5.74, 6) is 0. The smallest absolute Gasteiger partial charge is 0.278 e. The highest BCUT2D eigenvalue weighted by atomic mass is 32.2. The molecule has 0 spiro atoms. The molecule has 3 N–H and O–H groups in total. The van der Waals surface area contributed by atoms with Gasteiger partial charge in [0.25, 0.3) is 10.2 Å². The molecule has 0 atom stereocenters. The molecule has 0 aliphatic carbocycles. The molecule has 1 aromatic carbocycles. The van der Waals surface area contributed by atoms with Crippen LogP contribution in [-0.4, -0.2) is 33.4 Å². The number of benzene rings is 1. The lowest BCUT2D eigenvalue weighted by Crippen LogP contribution is -2.36. The fourth-order valence-electron chi connectivity index (χ4n) is 1.14. The van der Waals surface area contributed by atoms with E-state index in [-0.39, 0.29) is 0 Å². The van der Waals surface area contributed by atoms with E-state index in [1.54, 1.807) is 12.1 Å². The zero-order chi connectivity index (χ0) is 12.2. The van der Waals surface area contributed by atoms with Gasteiger partial charge in [-0.25, -0.2) is 4.72 Å². The lowest BCUT2D eigenvalue weighted by molar-refractivity contribution is 0.506. The first-order valence-electron chi connectivity index (χ1n) is 4.93. The predicted molar refractivity (Wildman–Crippen MR) is 65.2 cm³/mol. The molecular formula is C10H17N3O2S. The summed E-state index contributed by atoms with van der Waals surface area (Å²) in [6.45, 7) is 0.379.